The molecular formula is C24H29N3O3. The summed E-state index contributed by atoms with van der Waals surface area (Å²) in [6, 6.07) is 7.52. The molecule has 158 valence electrons. The quantitative estimate of drug-likeness (QED) is 0.717. The normalized spacial score (nSPS) is 13.8. The Labute approximate surface area is 177 Å². The summed E-state index contributed by atoms with van der Waals surface area (Å²) >= 11 is 0. The average molecular weight is 408 g/mol. The summed E-state index contributed by atoms with van der Waals surface area (Å²) in [6.07, 6.45) is 5.56. The molecule has 1 aromatic carbocycles. The number of nitrogens with zero attached hydrogens (tertiary/aromatic N) is 2. The second-order valence-corrected chi connectivity index (χ2v) is 8.17. The topological polar surface area (TPSA) is 84.2 Å². The van der Waals surface area contributed by atoms with Crippen molar-refractivity contribution in [1.82, 2.24) is 15.1 Å². The maximum atomic E-state index is 12.4. The molecule has 0 radical (unpaired) electrons. The van der Waals surface area contributed by atoms with Crippen LogP contribution in [-0.2, 0) is 17.8 Å². The smallest absolute Gasteiger partial charge is 0.307 e. The summed E-state index contributed by atoms with van der Waals surface area (Å²) < 4.78 is 1.94. The Kier molecular flexibility index (Phi) is 6.55. The maximum Gasteiger partial charge on any atom is 0.307 e. The fourth-order valence-corrected chi connectivity index (χ4v) is 3.80. The van der Waals surface area contributed by atoms with Crippen LogP contribution in [0.25, 0.3) is 0 Å². The Balaban J connectivity index is 1.72. The highest BCUT2D eigenvalue weighted by Crippen LogP contribution is 2.26. The molecule has 0 saturated heterocycles. The minimum Gasteiger partial charge on any atom is -0.481 e. The van der Waals surface area contributed by atoms with Gasteiger partial charge in [-0.05, 0) is 56.4 Å². The van der Waals surface area contributed by atoms with Gasteiger partial charge in [0.1, 0.15) is 0 Å². The first-order valence-corrected chi connectivity index (χ1v) is 10.3. The van der Waals surface area contributed by atoms with Gasteiger partial charge in [-0.25, -0.2) is 0 Å². The van der Waals surface area contributed by atoms with Gasteiger partial charge in [-0.1, -0.05) is 37.6 Å². The monoisotopic (exact) mass is 407 g/mol. The van der Waals surface area contributed by atoms with Gasteiger partial charge in [0.05, 0.1) is 18.7 Å². The van der Waals surface area contributed by atoms with E-state index in [1.807, 2.05) is 54.9 Å². The number of aromatic nitrogens is 2. The summed E-state index contributed by atoms with van der Waals surface area (Å²) in [5, 5.41) is 16.8. The minimum absolute atomic E-state index is 0.00646. The molecule has 6 nitrogen and oxygen atoms in total. The third-order valence-electron chi connectivity index (χ3n) is 5.35. The van der Waals surface area contributed by atoms with E-state index in [1.165, 1.54) is 5.57 Å². The molecule has 0 fully saturated rings. The number of carboxylic acid groups (broad SMARTS) is 1. The van der Waals surface area contributed by atoms with Gasteiger partial charge in [0.25, 0.3) is 5.91 Å². The molecule has 3 rings (SSSR count). The molecule has 1 aliphatic rings. The molecule has 1 aliphatic carbocycles. The summed E-state index contributed by atoms with van der Waals surface area (Å²) in [5.41, 5.74) is 6.45. The number of allylic oxidation sites excluding steroid dienone is 4. The number of hydrogen-bond acceptors (Lipinski definition) is 3. The van der Waals surface area contributed by atoms with Gasteiger partial charge in [-0.2, -0.15) is 5.10 Å². The predicted molar refractivity (Wildman–Crippen MR) is 116 cm³/mol. The molecule has 1 amide bonds. The van der Waals surface area contributed by atoms with E-state index in [0.29, 0.717) is 12.1 Å². The fraction of sp³-hybridized carbons (Fsp3) is 0.375. The van der Waals surface area contributed by atoms with Crippen LogP contribution < -0.4 is 5.32 Å². The van der Waals surface area contributed by atoms with E-state index in [4.69, 9.17) is 0 Å². The average Bonchev–Trinajstić information content (AvgIpc) is 2.98. The molecule has 2 N–H and O–H groups in total. The largest absolute Gasteiger partial charge is 0.481 e. The molecular weight excluding hydrogens is 378 g/mol. The molecule has 0 atom stereocenters. The number of benzene rings is 1. The minimum atomic E-state index is -0.840. The molecule has 30 heavy (non-hydrogen) atoms. The first kappa shape index (κ1) is 21.6. The van der Waals surface area contributed by atoms with E-state index in [9.17, 15) is 14.7 Å². The van der Waals surface area contributed by atoms with Crippen molar-refractivity contribution in [2.24, 2.45) is 0 Å². The number of hydrogen-bond donors (Lipinski definition) is 2. The zero-order valence-electron chi connectivity index (χ0n) is 18.0. The van der Waals surface area contributed by atoms with Gasteiger partial charge in [0, 0.05) is 22.5 Å². The fourth-order valence-electron chi connectivity index (χ4n) is 3.80. The lowest BCUT2D eigenvalue weighted by Crippen LogP contribution is -2.24. The summed E-state index contributed by atoms with van der Waals surface area (Å²) in [6.45, 7) is 8.62. The van der Waals surface area contributed by atoms with E-state index in [-0.39, 0.29) is 18.2 Å². The molecule has 0 spiro atoms. The number of rotatable bonds is 7. The van der Waals surface area contributed by atoms with Crippen molar-refractivity contribution in [2.45, 2.75) is 59.4 Å². The maximum absolute atomic E-state index is 12.4. The van der Waals surface area contributed by atoms with Crippen molar-refractivity contribution >= 4 is 11.9 Å². The Bertz CT molecular complexity index is 1010. The van der Waals surface area contributed by atoms with Crippen LogP contribution in [0.15, 0.2) is 47.7 Å². The number of carboxylic acids is 1. The summed E-state index contributed by atoms with van der Waals surface area (Å²) in [5.74, 6) is -0.751. The standard InChI is InChI=1S/C24H29N3O3/c1-15(2)23-21(13-22(28)29)17(4)26-27(23)14-18-7-11-20(12-8-18)25-24(30)19-9-5-16(3)6-10-19/h5-7,9-11,15H,8,12-14H2,1-4H3,(H,25,30)(H,28,29). The van der Waals surface area contributed by atoms with Gasteiger partial charge >= 0.3 is 5.97 Å². The van der Waals surface area contributed by atoms with Gasteiger partial charge in [-0.15, -0.1) is 0 Å². The Morgan fingerprint density at radius 1 is 1.13 bits per heavy atom. The van der Waals surface area contributed by atoms with Crippen LogP contribution >= 0.6 is 0 Å². The van der Waals surface area contributed by atoms with Crippen LogP contribution in [0.4, 0.5) is 0 Å². The van der Waals surface area contributed by atoms with Crippen molar-refractivity contribution in [3.63, 3.8) is 0 Å². The van der Waals surface area contributed by atoms with Crippen molar-refractivity contribution in [3.05, 3.63) is 75.8 Å². The number of amides is 1. The number of aliphatic carboxylic acids is 1. The molecule has 0 unspecified atom stereocenters. The second kappa shape index (κ2) is 9.11. The lowest BCUT2D eigenvalue weighted by Gasteiger charge is -2.18. The number of carbonyl (C=O) groups is 2. The number of nitrogens with one attached hydrogen (secondary N) is 1. The van der Waals surface area contributed by atoms with E-state index in [0.717, 1.165) is 41.1 Å². The van der Waals surface area contributed by atoms with Crippen molar-refractivity contribution in [3.8, 4) is 0 Å². The third-order valence-corrected chi connectivity index (χ3v) is 5.35. The molecule has 0 saturated carbocycles. The highest BCUT2D eigenvalue weighted by Gasteiger charge is 2.21. The Morgan fingerprint density at radius 2 is 1.83 bits per heavy atom. The lowest BCUT2D eigenvalue weighted by atomic mass is 9.99. The molecule has 1 heterocycles. The van der Waals surface area contributed by atoms with Crippen molar-refractivity contribution in [2.75, 3.05) is 0 Å². The Hall–Kier alpha value is -3.15. The van der Waals surface area contributed by atoms with E-state index in [2.05, 4.69) is 24.3 Å². The van der Waals surface area contributed by atoms with Crippen LogP contribution in [0.2, 0.25) is 0 Å². The number of carbonyl (C=O) groups excluding carboxylic acids is 1. The summed E-state index contributed by atoms with van der Waals surface area (Å²) in [4.78, 5) is 23.7. The van der Waals surface area contributed by atoms with Crippen LogP contribution in [-0.4, -0.2) is 26.8 Å². The van der Waals surface area contributed by atoms with Crippen LogP contribution in [0.5, 0.6) is 0 Å². The van der Waals surface area contributed by atoms with Gasteiger partial charge < -0.3 is 10.4 Å². The second-order valence-electron chi connectivity index (χ2n) is 8.17. The lowest BCUT2D eigenvalue weighted by molar-refractivity contribution is -0.136. The zero-order valence-corrected chi connectivity index (χ0v) is 18.0. The first-order chi connectivity index (χ1) is 14.2. The number of aryl methyl sites for hydroxylation is 2. The van der Waals surface area contributed by atoms with Gasteiger partial charge in [0.2, 0.25) is 0 Å². The van der Waals surface area contributed by atoms with Crippen molar-refractivity contribution in [1.29, 1.82) is 0 Å². The third kappa shape index (κ3) is 5.06. The molecule has 0 aliphatic heterocycles. The molecule has 6 heteroatoms. The Morgan fingerprint density at radius 3 is 2.40 bits per heavy atom. The zero-order chi connectivity index (χ0) is 21.8. The van der Waals surface area contributed by atoms with Crippen molar-refractivity contribution < 1.29 is 14.7 Å². The highest BCUT2D eigenvalue weighted by atomic mass is 16.4. The van der Waals surface area contributed by atoms with Crippen LogP contribution in [0, 0.1) is 13.8 Å². The van der Waals surface area contributed by atoms with Gasteiger partial charge in [0.15, 0.2) is 0 Å². The van der Waals surface area contributed by atoms with Crippen LogP contribution in [0.1, 0.15) is 65.5 Å². The first-order valence-electron chi connectivity index (χ1n) is 10.3. The molecule has 2 aromatic rings. The van der Waals surface area contributed by atoms with E-state index >= 15 is 0 Å². The van der Waals surface area contributed by atoms with Gasteiger partial charge in [-0.3, -0.25) is 14.3 Å². The summed E-state index contributed by atoms with van der Waals surface area (Å²) in [7, 11) is 0. The molecule has 1 aromatic heterocycles. The highest BCUT2D eigenvalue weighted by molar-refractivity contribution is 5.95. The van der Waals surface area contributed by atoms with E-state index in [1.54, 1.807) is 0 Å². The SMILES string of the molecule is Cc1ccc(C(=O)NC2=CC=C(Cn3nc(C)c(CC(=O)O)c3C(C)C)CC2)cc1. The predicted octanol–water partition coefficient (Wildman–Crippen LogP) is 4.28. The van der Waals surface area contributed by atoms with Crippen LogP contribution in [0.3, 0.4) is 0 Å². The van der Waals surface area contributed by atoms with E-state index < -0.39 is 5.97 Å². The molecule has 0 bridgehead atoms.